The number of ether oxygens (including phenoxy) is 2. The van der Waals surface area contributed by atoms with Crippen molar-refractivity contribution in [3.63, 3.8) is 0 Å². The summed E-state index contributed by atoms with van der Waals surface area (Å²) in [6, 6.07) is 11.3. The fourth-order valence-corrected chi connectivity index (χ4v) is 2.56. The number of carbonyl (C=O) groups is 2. The topological polar surface area (TPSA) is 76.7 Å². The molecule has 2 amide bonds. The van der Waals surface area contributed by atoms with Crippen molar-refractivity contribution in [3.05, 3.63) is 59.1 Å². The molecule has 0 unspecified atom stereocenters. The third kappa shape index (κ3) is 6.65. The van der Waals surface area contributed by atoms with Gasteiger partial charge in [0.05, 0.1) is 6.54 Å². The lowest BCUT2D eigenvalue weighted by atomic mass is 9.95. The molecule has 2 aromatic rings. The van der Waals surface area contributed by atoms with E-state index in [1.165, 1.54) is 19.2 Å². The van der Waals surface area contributed by atoms with Gasteiger partial charge in [0.15, 0.2) is 0 Å². The van der Waals surface area contributed by atoms with Crippen molar-refractivity contribution in [2.45, 2.75) is 18.9 Å². The highest BCUT2D eigenvalue weighted by molar-refractivity contribution is 6.39. The molecule has 0 fully saturated rings. The molecule has 2 N–H and O–H groups in total. The average molecular weight is 431 g/mol. The van der Waals surface area contributed by atoms with E-state index in [0.29, 0.717) is 10.6 Å². The second-order valence-electron chi connectivity index (χ2n) is 6.15. The molecular weight excluding hydrogens is 413 g/mol. The van der Waals surface area contributed by atoms with Crippen molar-refractivity contribution in [1.29, 1.82) is 0 Å². The van der Waals surface area contributed by atoms with Crippen LogP contribution in [0.1, 0.15) is 12.5 Å². The number of benzene rings is 2. The molecule has 0 aromatic heterocycles. The maximum absolute atomic E-state index is 12.2. The Morgan fingerprint density at radius 2 is 1.72 bits per heavy atom. The average Bonchev–Trinajstić information content (AvgIpc) is 2.66. The number of alkyl halides is 3. The fourth-order valence-electron chi connectivity index (χ4n) is 2.37. The largest absolute Gasteiger partial charge is 0.573 e. The molecule has 0 aliphatic heterocycles. The summed E-state index contributed by atoms with van der Waals surface area (Å²) in [5, 5.41) is 5.24. The minimum Gasteiger partial charge on any atom is -0.406 e. The maximum Gasteiger partial charge on any atom is 0.573 e. The Labute approximate surface area is 169 Å². The summed E-state index contributed by atoms with van der Waals surface area (Å²) in [7, 11) is 1.46. The van der Waals surface area contributed by atoms with Gasteiger partial charge in [-0.1, -0.05) is 23.7 Å². The van der Waals surface area contributed by atoms with Crippen molar-refractivity contribution in [2.24, 2.45) is 0 Å². The Bertz CT molecular complexity index is 875. The molecule has 0 aliphatic carbocycles. The molecule has 6 nitrogen and oxygen atoms in total. The normalized spacial score (nSPS) is 13.3. The molecule has 2 rings (SSSR count). The van der Waals surface area contributed by atoms with Gasteiger partial charge in [-0.15, -0.1) is 13.2 Å². The van der Waals surface area contributed by atoms with E-state index in [1.54, 1.807) is 31.2 Å². The molecule has 0 bridgehead atoms. The summed E-state index contributed by atoms with van der Waals surface area (Å²) in [5.41, 5.74) is -0.102. The highest BCUT2D eigenvalue weighted by atomic mass is 35.5. The fraction of sp³-hybridized carbons (Fsp3) is 0.263. The van der Waals surface area contributed by atoms with Gasteiger partial charge < -0.3 is 20.1 Å². The van der Waals surface area contributed by atoms with E-state index in [-0.39, 0.29) is 12.2 Å². The van der Waals surface area contributed by atoms with Crippen LogP contribution in [-0.4, -0.2) is 31.8 Å². The predicted octanol–water partition coefficient (Wildman–Crippen LogP) is 3.86. The van der Waals surface area contributed by atoms with E-state index in [0.717, 1.165) is 12.1 Å². The molecule has 0 saturated heterocycles. The van der Waals surface area contributed by atoms with Gasteiger partial charge in [0.25, 0.3) is 0 Å². The third-order valence-electron chi connectivity index (χ3n) is 4.02. The van der Waals surface area contributed by atoms with Gasteiger partial charge in [-0.25, -0.2) is 0 Å². The quantitative estimate of drug-likeness (QED) is 0.682. The van der Waals surface area contributed by atoms with Crippen molar-refractivity contribution in [1.82, 2.24) is 5.32 Å². The minimum absolute atomic E-state index is 0.0194. The zero-order valence-electron chi connectivity index (χ0n) is 15.5. The first-order chi connectivity index (χ1) is 13.5. The van der Waals surface area contributed by atoms with Gasteiger partial charge >= 0.3 is 18.2 Å². The van der Waals surface area contributed by atoms with E-state index >= 15 is 0 Å². The lowest BCUT2D eigenvalue weighted by Gasteiger charge is -2.29. The number of amides is 2. The van der Waals surface area contributed by atoms with E-state index in [2.05, 4.69) is 15.4 Å². The second-order valence-corrected chi connectivity index (χ2v) is 6.59. The van der Waals surface area contributed by atoms with Crippen LogP contribution in [0, 0.1) is 0 Å². The Kier molecular flexibility index (Phi) is 7.10. The number of methoxy groups -OCH3 is 1. The van der Waals surface area contributed by atoms with Crippen molar-refractivity contribution in [3.8, 4) is 5.75 Å². The van der Waals surface area contributed by atoms with Crippen LogP contribution in [0.2, 0.25) is 5.02 Å². The molecule has 10 heteroatoms. The first kappa shape index (κ1) is 22.5. The molecule has 0 aliphatic rings. The van der Waals surface area contributed by atoms with Crippen LogP contribution in [0.5, 0.6) is 5.75 Å². The van der Waals surface area contributed by atoms with Crippen LogP contribution in [-0.2, 0) is 19.9 Å². The molecule has 0 radical (unpaired) electrons. The first-order valence-corrected chi connectivity index (χ1v) is 8.66. The lowest BCUT2D eigenvalue weighted by Crippen LogP contribution is -2.44. The highest BCUT2D eigenvalue weighted by Crippen LogP contribution is 2.26. The van der Waals surface area contributed by atoms with E-state index in [9.17, 15) is 22.8 Å². The van der Waals surface area contributed by atoms with Crippen LogP contribution < -0.4 is 15.4 Å². The summed E-state index contributed by atoms with van der Waals surface area (Å²) in [6.07, 6.45) is -4.82. The summed E-state index contributed by atoms with van der Waals surface area (Å²) in [6.45, 7) is 1.70. The van der Waals surface area contributed by atoms with Gasteiger partial charge in [-0.3, -0.25) is 9.59 Å². The molecule has 0 spiro atoms. The molecule has 1 atom stereocenters. The van der Waals surface area contributed by atoms with Gasteiger partial charge in [0, 0.05) is 17.8 Å². The van der Waals surface area contributed by atoms with Crippen molar-refractivity contribution < 1.29 is 32.2 Å². The number of rotatable bonds is 6. The molecule has 0 heterocycles. The van der Waals surface area contributed by atoms with Crippen LogP contribution >= 0.6 is 11.6 Å². The van der Waals surface area contributed by atoms with Crippen LogP contribution in [0.4, 0.5) is 18.9 Å². The van der Waals surface area contributed by atoms with Crippen molar-refractivity contribution in [2.75, 3.05) is 19.0 Å². The van der Waals surface area contributed by atoms with E-state index in [4.69, 9.17) is 16.3 Å². The molecule has 2 aromatic carbocycles. The van der Waals surface area contributed by atoms with Gasteiger partial charge in [0.2, 0.25) is 0 Å². The maximum atomic E-state index is 12.2. The molecule has 156 valence electrons. The zero-order valence-corrected chi connectivity index (χ0v) is 16.2. The number of carbonyl (C=O) groups excluding carboxylic acids is 2. The Balaban J connectivity index is 1.95. The minimum atomic E-state index is -4.82. The standard InChI is InChI=1S/C19H18ClF3N2O4/c1-18(28-2,12-4-3-5-13(20)10-12)11-24-16(26)17(27)25-14-6-8-15(9-7-14)29-19(21,22)23/h3-10H,11H2,1-2H3,(H,24,26)(H,25,27)/t18-/m0/s1. The number of hydrogen-bond donors (Lipinski definition) is 2. The number of nitrogens with one attached hydrogen (secondary N) is 2. The summed E-state index contributed by atoms with van der Waals surface area (Å²) in [5.74, 6) is -2.37. The molecule has 0 saturated carbocycles. The van der Waals surface area contributed by atoms with Gasteiger partial charge in [0.1, 0.15) is 11.4 Å². The smallest absolute Gasteiger partial charge is 0.406 e. The highest BCUT2D eigenvalue weighted by Gasteiger charge is 2.31. The van der Waals surface area contributed by atoms with Crippen LogP contribution in [0.25, 0.3) is 0 Å². The number of anilines is 1. The Morgan fingerprint density at radius 3 is 2.28 bits per heavy atom. The predicted molar refractivity (Wildman–Crippen MR) is 101 cm³/mol. The molecule has 29 heavy (non-hydrogen) atoms. The Morgan fingerprint density at radius 1 is 1.07 bits per heavy atom. The number of halogens is 4. The Hall–Kier alpha value is -2.78. The zero-order chi connectivity index (χ0) is 21.7. The first-order valence-electron chi connectivity index (χ1n) is 8.28. The third-order valence-corrected chi connectivity index (χ3v) is 4.26. The SMILES string of the molecule is CO[C@@](C)(CNC(=O)C(=O)Nc1ccc(OC(F)(F)F)cc1)c1cccc(Cl)c1. The van der Waals surface area contributed by atoms with Gasteiger partial charge in [-0.2, -0.15) is 0 Å². The van der Waals surface area contributed by atoms with E-state index in [1.807, 2.05) is 0 Å². The second kappa shape index (κ2) is 9.15. The van der Waals surface area contributed by atoms with Gasteiger partial charge in [-0.05, 0) is 48.9 Å². The van der Waals surface area contributed by atoms with Crippen LogP contribution in [0.15, 0.2) is 48.5 Å². The molecular formula is C19H18ClF3N2O4. The summed E-state index contributed by atoms with van der Waals surface area (Å²) < 4.78 is 45.7. The lowest BCUT2D eigenvalue weighted by molar-refractivity contribution is -0.274. The summed E-state index contributed by atoms with van der Waals surface area (Å²) >= 11 is 5.98. The monoisotopic (exact) mass is 430 g/mol. The van der Waals surface area contributed by atoms with E-state index < -0.39 is 29.5 Å². The van der Waals surface area contributed by atoms with Crippen molar-refractivity contribution >= 4 is 29.1 Å². The van der Waals surface area contributed by atoms with Crippen LogP contribution in [0.3, 0.4) is 0 Å². The number of hydrogen-bond acceptors (Lipinski definition) is 4. The summed E-state index contributed by atoms with van der Waals surface area (Å²) in [4.78, 5) is 24.1.